The molecule has 1 amide bonds. The van der Waals surface area contributed by atoms with Crippen LogP contribution in [0.15, 0.2) is 23.1 Å². The lowest BCUT2D eigenvalue weighted by Crippen LogP contribution is -2.15. The van der Waals surface area contributed by atoms with Crippen molar-refractivity contribution in [1.82, 2.24) is 0 Å². The molecule has 7 nitrogen and oxygen atoms in total. The summed E-state index contributed by atoms with van der Waals surface area (Å²) < 4.78 is 36.4. The van der Waals surface area contributed by atoms with Crippen LogP contribution in [-0.2, 0) is 19.7 Å². The van der Waals surface area contributed by atoms with Crippen LogP contribution in [0.2, 0.25) is 0 Å². The minimum atomic E-state index is -4.45. The number of esters is 1. The Hall–Kier alpha value is -0.970. The Labute approximate surface area is 144 Å². The second kappa shape index (κ2) is 8.61. The number of carbonyl (C=O) groups is 2. The number of anilines is 1. The van der Waals surface area contributed by atoms with E-state index in [1.807, 2.05) is 0 Å². The zero-order valence-corrected chi connectivity index (χ0v) is 15.2. The van der Waals surface area contributed by atoms with Crippen molar-refractivity contribution in [3.8, 4) is 5.75 Å². The van der Waals surface area contributed by atoms with Gasteiger partial charge in [-0.1, -0.05) is 31.9 Å². The van der Waals surface area contributed by atoms with Crippen LogP contribution in [0.4, 0.5) is 5.69 Å². The molecular formula is C12H13Br2NO6S. The topological polar surface area (TPSA) is 110 Å². The zero-order valence-electron chi connectivity index (χ0n) is 11.2. The quantitative estimate of drug-likeness (QED) is 0.281. The molecule has 0 atom stereocenters. The van der Waals surface area contributed by atoms with Crippen LogP contribution in [0.25, 0.3) is 0 Å². The van der Waals surface area contributed by atoms with Crippen molar-refractivity contribution < 1.29 is 27.3 Å². The average molecular weight is 459 g/mol. The third kappa shape index (κ3) is 6.03. The van der Waals surface area contributed by atoms with Crippen LogP contribution in [0.5, 0.6) is 5.75 Å². The van der Waals surface area contributed by atoms with Crippen molar-refractivity contribution in [2.24, 2.45) is 0 Å². The van der Waals surface area contributed by atoms with Crippen LogP contribution >= 0.6 is 31.9 Å². The number of hydrogen-bond acceptors (Lipinski definition) is 5. The number of halogens is 2. The maximum Gasteiger partial charge on any atom is 0.312 e. The van der Waals surface area contributed by atoms with E-state index >= 15 is 0 Å². The highest BCUT2D eigenvalue weighted by molar-refractivity contribution is 9.09. The van der Waals surface area contributed by atoms with E-state index in [2.05, 4.69) is 37.2 Å². The summed E-state index contributed by atoms with van der Waals surface area (Å²) in [5.41, 5.74) is 0.140. The molecule has 2 N–H and O–H groups in total. The van der Waals surface area contributed by atoms with Gasteiger partial charge < -0.3 is 10.1 Å². The minimum absolute atomic E-state index is 0.0604. The van der Waals surface area contributed by atoms with E-state index in [1.165, 1.54) is 6.07 Å². The molecule has 0 heterocycles. The number of nitrogens with one attached hydrogen (secondary N) is 1. The molecule has 0 saturated carbocycles. The smallest absolute Gasteiger partial charge is 0.312 e. The Morgan fingerprint density at radius 1 is 1.18 bits per heavy atom. The normalized spacial score (nSPS) is 11.0. The van der Waals surface area contributed by atoms with E-state index in [-0.39, 0.29) is 30.2 Å². The van der Waals surface area contributed by atoms with Crippen molar-refractivity contribution in [1.29, 1.82) is 0 Å². The summed E-state index contributed by atoms with van der Waals surface area (Å²) in [7, 11) is -4.45. The molecule has 122 valence electrons. The van der Waals surface area contributed by atoms with Gasteiger partial charge in [-0.3, -0.25) is 14.1 Å². The van der Waals surface area contributed by atoms with Gasteiger partial charge in [0, 0.05) is 23.1 Å². The highest BCUT2D eigenvalue weighted by Gasteiger charge is 2.17. The highest BCUT2D eigenvalue weighted by Crippen LogP contribution is 2.28. The van der Waals surface area contributed by atoms with Crippen molar-refractivity contribution in [2.75, 3.05) is 16.0 Å². The fourth-order valence-corrected chi connectivity index (χ4v) is 2.58. The Balaban J connectivity index is 3.13. The Morgan fingerprint density at radius 2 is 1.82 bits per heavy atom. The first kappa shape index (κ1) is 19.1. The molecule has 0 radical (unpaired) electrons. The summed E-state index contributed by atoms with van der Waals surface area (Å²) in [5.74, 6) is -1.10. The molecule has 0 aliphatic rings. The largest absolute Gasteiger partial charge is 0.424 e. The Morgan fingerprint density at radius 3 is 2.36 bits per heavy atom. The summed E-state index contributed by atoms with van der Waals surface area (Å²) in [6, 6.07) is 3.32. The molecule has 0 aliphatic heterocycles. The monoisotopic (exact) mass is 457 g/mol. The van der Waals surface area contributed by atoms with Crippen molar-refractivity contribution in [3.05, 3.63) is 18.2 Å². The first-order valence-corrected chi connectivity index (χ1v) is 9.70. The predicted octanol–water partition coefficient (Wildman–Crippen LogP) is 2.35. The lowest BCUT2D eigenvalue weighted by atomic mass is 10.2. The van der Waals surface area contributed by atoms with Gasteiger partial charge in [0.05, 0.1) is 17.0 Å². The molecule has 1 aromatic rings. The van der Waals surface area contributed by atoms with Crippen LogP contribution < -0.4 is 10.1 Å². The third-order valence-electron chi connectivity index (χ3n) is 2.37. The highest BCUT2D eigenvalue weighted by atomic mass is 79.9. The molecule has 0 saturated heterocycles. The molecule has 1 aromatic carbocycles. The van der Waals surface area contributed by atoms with Crippen molar-refractivity contribution in [3.63, 3.8) is 0 Å². The number of ether oxygens (including phenoxy) is 1. The van der Waals surface area contributed by atoms with Crippen LogP contribution in [0, 0.1) is 0 Å². The molecule has 0 spiro atoms. The number of carbonyl (C=O) groups excluding carboxylic acids is 2. The third-order valence-corrected chi connectivity index (χ3v) is 4.01. The van der Waals surface area contributed by atoms with Crippen LogP contribution in [-0.4, -0.2) is 35.5 Å². The van der Waals surface area contributed by atoms with E-state index < -0.39 is 21.0 Å². The molecule has 0 aromatic heterocycles. The van der Waals surface area contributed by atoms with Crippen molar-refractivity contribution >= 4 is 59.5 Å². The van der Waals surface area contributed by atoms with Crippen molar-refractivity contribution in [2.45, 2.75) is 17.7 Å². The maximum atomic E-state index is 11.6. The predicted molar refractivity (Wildman–Crippen MR) is 87.3 cm³/mol. The standard InChI is InChI=1S/C12H13Br2NO6S/c13-5-3-11(16)15-9-2-1-8(22(18,19)20)7-10(9)21-12(17)4-6-14/h1-2,7H,3-6H2,(H,15,16)(H,18,19,20). The summed E-state index contributed by atoms with van der Waals surface area (Å²) in [6.45, 7) is 0. The molecule has 0 bridgehead atoms. The molecular weight excluding hydrogens is 446 g/mol. The molecule has 10 heteroatoms. The molecule has 0 aliphatic carbocycles. The summed E-state index contributed by atoms with van der Waals surface area (Å²) in [4.78, 5) is 22.7. The fourth-order valence-electron chi connectivity index (χ4n) is 1.40. The summed E-state index contributed by atoms with van der Waals surface area (Å²) >= 11 is 6.19. The Bertz CT molecular complexity index is 662. The second-order valence-corrected chi connectivity index (χ2v) is 7.04. The summed E-state index contributed by atoms with van der Waals surface area (Å²) in [5, 5.41) is 3.32. The second-order valence-electron chi connectivity index (χ2n) is 4.03. The Kier molecular flexibility index (Phi) is 7.46. The van der Waals surface area contributed by atoms with Crippen LogP contribution in [0.3, 0.4) is 0 Å². The zero-order chi connectivity index (χ0) is 16.8. The SMILES string of the molecule is O=C(CCBr)Nc1ccc(S(=O)(=O)O)cc1OC(=O)CCBr. The van der Waals surface area contributed by atoms with Crippen LogP contribution in [0.1, 0.15) is 12.8 Å². The van der Waals surface area contributed by atoms with Gasteiger partial charge in [-0.05, 0) is 12.1 Å². The summed E-state index contributed by atoms with van der Waals surface area (Å²) in [6.07, 6.45) is 0.250. The lowest BCUT2D eigenvalue weighted by molar-refractivity contribution is -0.133. The van der Waals surface area contributed by atoms with Gasteiger partial charge in [0.1, 0.15) is 0 Å². The maximum absolute atomic E-state index is 11.6. The molecule has 1 rings (SSSR count). The number of rotatable bonds is 7. The van der Waals surface area contributed by atoms with Gasteiger partial charge in [-0.2, -0.15) is 8.42 Å². The van der Waals surface area contributed by atoms with E-state index in [1.54, 1.807) is 0 Å². The number of hydrogen-bond donors (Lipinski definition) is 2. The molecule has 0 unspecified atom stereocenters. The number of amides is 1. The van der Waals surface area contributed by atoms with Gasteiger partial charge >= 0.3 is 5.97 Å². The van der Waals surface area contributed by atoms with Gasteiger partial charge in [0.2, 0.25) is 5.91 Å². The molecule has 0 fully saturated rings. The molecule has 22 heavy (non-hydrogen) atoms. The van der Waals surface area contributed by atoms with E-state index in [0.29, 0.717) is 10.7 Å². The number of alkyl halides is 2. The number of benzene rings is 1. The first-order valence-electron chi connectivity index (χ1n) is 6.02. The van der Waals surface area contributed by atoms with E-state index in [0.717, 1.165) is 12.1 Å². The first-order chi connectivity index (χ1) is 10.3. The van der Waals surface area contributed by atoms with E-state index in [9.17, 15) is 18.0 Å². The lowest BCUT2D eigenvalue weighted by Gasteiger charge is -2.12. The average Bonchev–Trinajstić information content (AvgIpc) is 2.40. The van der Waals surface area contributed by atoms with Gasteiger partial charge in [-0.25, -0.2) is 0 Å². The van der Waals surface area contributed by atoms with Gasteiger partial charge in [0.25, 0.3) is 10.1 Å². The van der Waals surface area contributed by atoms with Gasteiger partial charge in [0.15, 0.2) is 5.75 Å². The minimum Gasteiger partial charge on any atom is -0.424 e. The van der Waals surface area contributed by atoms with Gasteiger partial charge in [-0.15, -0.1) is 0 Å². The van der Waals surface area contributed by atoms with E-state index in [4.69, 9.17) is 9.29 Å². The fraction of sp³-hybridized carbons (Fsp3) is 0.333.